The fourth-order valence-corrected chi connectivity index (χ4v) is 1.96. The van der Waals surface area contributed by atoms with Gasteiger partial charge in [-0.3, -0.25) is 4.79 Å². The lowest BCUT2D eigenvalue weighted by Crippen LogP contribution is -2.37. The van der Waals surface area contributed by atoms with Crippen LogP contribution < -0.4 is 0 Å². The summed E-state index contributed by atoms with van der Waals surface area (Å²) >= 11 is 5.89. The molecule has 0 unspecified atom stereocenters. The number of hydrogen-bond acceptors (Lipinski definition) is 3. The van der Waals surface area contributed by atoms with Crippen LogP contribution in [0.4, 0.5) is 0 Å². The molecule has 2 atom stereocenters. The highest BCUT2D eigenvalue weighted by molar-refractivity contribution is 6.30. The Bertz CT molecular complexity index is 440. The Morgan fingerprint density at radius 3 is 2.83 bits per heavy atom. The number of carbonyl (C=O) groups is 1. The van der Waals surface area contributed by atoms with Gasteiger partial charge in [0.25, 0.3) is 0 Å². The van der Waals surface area contributed by atoms with Gasteiger partial charge in [0, 0.05) is 5.02 Å². The van der Waals surface area contributed by atoms with Crippen LogP contribution >= 0.6 is 11.6 Å². The van der Waals surface area contributed by atoms with Crippen LogP contribution in [0.2, 0.25) is 5.02 Å². The first-order valence-electron chi connectivity index (χ1n) is 5.71. The van der Waals surface area contributed by atoms with Crippen molar-refractivity contribution in [3.63, 3.8) is 0 Å². The van der Waals surface area contributed by atoms with Gasteiger partial charge >= 0.3 is 5.97 Å². The minimum atomic E-state index is -1.40. The molecule has 0 saturated heterocycles. The largest absolute Gasteiger partial charge is 0.465 e. The summed E-state index contributed by atoms with van der Waals surface area (Å²) in [5.41, 5.74) is -0.855. The van der Waals surface area contributed by atoms with Gasteiger partial charge in [-0.05, 0) is 31.5 Å². The van der Waals surface area contributed by atoms with E-state index in [1.807, 2.05) is 0 Å². The predicted molar refractivity (Wildman–Crippen MR) is 71.3 cm³/mol. The van der Waals surface area contributed by atoms with E-state index in [9.17, 15) is 9.90 Å². The maximum atomic E-state index is 11.8. The van der Waals surface area contributed by atoms with E-state index in [-0.39, 0.29) is 6.61 Å². The Morgan fingerprint density at radius 2 is 2.33 bits per heavy atom. The predicted octanol–water partition coefficient (Wildman–Crippen LogP) is 2.91. The highest BCUT2D eigenvalue weighted by atomic mass is 35.5. The number of esters is 1. The van der Waals surface area contributed by atoms with Crippen molar-refractivity contribution in [2.45, 2.75) is 19.4 Å². The summed E-state index contributed by atoms with van der Waals surface area (Å²) in [6.07, 6.45) is 1.39. The van der Waals surface area contributed by atoms with E-state index in [1.165, 1.54) is 6.08 Å². The second-order valence-corrected chi connectivity index (χ2v) is 4.56. The first-order valence-corrected chi connectivity index (χ1v) is 6.08. The Kier molecular flexibility index (Phi) is 4.93. The average Bonchev–Trinajstić information content (AvgIpc) is 2.30. The molecule has 0 bridgehead atoms. The number of aliphatic hydroxyl groups is 1. The molecule has 0 saturated carbocycles. The van der Waals surface area contributed by atoms with Crippen molar-refractivity contribution in [3.05, 3.63) is 47.5 Å². The molecule has 1 rings (SSSR count). The van der Waals surface area contributed by atoms with Crippen molar-refractivity contribution < 1.29 is 14.6 Å². The topological polar surface area (TPSA) is 46.5 Å². The molecule has 0 heterocycles. The van der Waals surface area contributed by atoms with E-state index < -0.39 is 17.5 Å². The third-order valence-electron chi connectivity index (χ3n) is 2.79. The molecule has 98 valence electrons. The molecule has 0 radical (unpaired) electrons. The molecule has 0 aliphatic rings. The summed E-state index contributed by atoms with van der Waals surface area (Å²) < 4.78 is 4.93. The first kappa shape index (κ1) is 14.7. The SMILES string of the molecule is C=C[C@@H](C(=O)OCC)[C@@](C)(O)c1cccc(Cl)c1. The van der Waals surface area contributed by atoms with Gasteiger partial charge in [0.1, 0.15) is 11.5 Å². The Morgan fingerprint density at radius 1 is 1.67 bits per heavy atom. The molecule has 1 N–H and O–H groups in total. The second-order valence-electron chi connectivity index (χ2n) is 4.12. The van der Waals surface area contributed by atoms with Crippen LogP contribution in [0.1, 0.15) is 19.4 Å². The molecule has 4 heteroatoms. The van der Waals surface area contributed by atoms with Gasteiger partial charge in [-0.2, -0.15) is 0 Å². The molecular formula is C14H17ClO3. The normalized spacial score (nSPS) is 15.6. The lowest BCUT2D eigenvalue weighted by Gasteiger charge is -2.29. The van der Waals surface area contributed by atoms with E-state index in [0.717, 1.165) is 0 Å². The summed E-state index contributed by atoms with van der Waals surface area (Å²) in [5.74, 6) is -1.34. The summed E-state index contributed by atoms with van der Waals surface area (Å²) in [6.45, 7) is 7.10. The lowest BCUT2D eigenvalue weighted by molar-refractivity contribution is -0.154. The van der Waals surface area contributed by atoms with Crippen LogP contribution in [-0.2, 0) is 15.1 Å². The third kappa shape index (κ3) is 3.12. The van der Waals surface area contributed by atoms with Crippen molar-refractivity contribution in [3.8, 4) is 0 Å². The maximum absolute atomic E-state index is 11.8. The number of carbonyl (C=O) groups excluding carboxylic acids is 1. The van der Waals surface area contributed by atoms with E-state index in [0.29, 0.717) is 10.6 Å². The van der Waals surface area contributed by atoms with Crippen LogP contribution in [0, 0.1) is 5.92 Å². The molecule has 18 heavy (non-hydrogen) atoms. The molecular weight excluding hydrogens is 252 g/mol. The Hall–Kier alpha value is -1.32. The quantitative estimate of drug-likeness (QED) is 0.660. The zero-order valence-electron chi connectivity index (χ0n) is 10.5. The van der Waals surface area contributed by atoms with Crippen molar-refractivity contribution >= 4 is 17.6 Å². The monoisotopic (exact) mass is 268 g/mol. The van der Waals surface area contributed by atoms with Gasteiger partial charge in [-0.1, -0.05) is 29.8 Å². The van der Waals surface area contributed by atoms with Gasteiger partial charge in [0.05, 0.1) is 6.61 Å². The number of hydrogen-bond donors (Lipinski definition) is 1. The molecule has 0 aliphatic carbocycles. The number of rotatable bonds is 5. The van der Waals surface area contributed by atoms with Crippen molar-refractivity contribution in [1.82, 2.24) is 0 Å². The van der Waals surface area contributed by atoms with E-state index in [2.05, 4.69) is 6.58 Å². The van der Waals surface area contributed by atoms with Gasteiger partial charge in [0.15, 0.2) is 0 Å². The molecule has 1 aromatic carbocycles. The fourth-order valence-electron chi connectivity index (χ4n) is 1.77. The Balaban J connectivity index is 3.09. The average molecular weight is 269 g/mol. The standard InChI is InChI=1S/C14H17ClO3/c1-4-12(13(16)18-5-2)14(3,17)10-7-6-8-11(15)9-10/h4,6-9,12,17H,1,5H2,2-3H3/t12-,14-/m0/s1. The number of ether oxygens (including phenoxy) is 1. The van der Waals surface area contributed by atoms with E-state index in [1.54, 1.807) is 38.1 Å². The summed E-state index contributed by atoms with van der Waals surface area (Å²) in [7, 11) is 0. The minimum absolute atomic E-state index is 0.259. The van der Waals surface area contributed by atoms with Crippen LogP contribution in [-0.4, -0.2) is 17.7 Å². The second kappa shape index (κ2) is 6.03. The van der Waals surface area contributed by atoms with Crippen molar-refractivity contribution in [2.75, 3.05) is 6.61 Å². The molecule has 0 spiro atoms. The van der Waals surface area contributed by atoms with Gasteiger partial charge in [-0.15, -0.1) is 6.58 Å². The summed E-state index contributed by atoms with van der Waals surface area (Å²) in [6, 6.07) is 6.75. The zero-order chi connectivity index (χ0) is 13.8. The molecule has 3 nitrogen and oxygen atoms in total. The lowest BCUT2D eigenvalue weighted by atomic mass is 9.83. The van der Waals surface area contributed by atoms with Crippen LogP contribution in [0.5, 0.6) is 0 Å². The molecule has 0 amide bonds. The first-order chi connectivity index (χ1) is 8.43. The highest BCUT2D eigenvalue weighted by Gasteiger charge is 2.37. The summed E-state index contributed by atoms with van der Waals surface area (Å²) in [5, 5.41) is 11.0. The molecule has 0 aliphatic heterocycles. The van der Waals surface area contributed by atoms with Crippen molar-refractivity contribution in [2.24, 2.45) is 5.92 Å². The van der Waals surface area contributed by atoms with Gasteiger partial charge in [-0.25, -0.2) is 0 Å². The number of halogens is 1. The van der Waals surface area contributed by atoms with E-state index in [4.69, 9.17) is 16.3 Å². The van der Waals surface area contributed by atoms with Gasteiger partial charge < -0.3 is 9.84 Å². The van der Waals surface area contributed by atoms with Crippen LogP contribution in [0.3, 0.4) is 0 Å². The molecule has 1 aromatic rings. The molecule has 0 fully saturated rings. The number of benzene rings is 1. The van der Waals surface area contributed by atoms with Gasteiger partial charge in [0.2, 0.25) is 0 Å². The molecule has 0 aromatic heterocycles. The van der Waals surface area contributed by atoms with Crippen LogP contribution in [0.25, 0.3) is 0 Å². The van der Waals surface area contributed by atoms with Crippen molar-refractivity contribution in [1.29, 1.82) is 0 Å². The third-order valence-corrected chi connectivity index (χ3v) is 3.03. The van der Waals surface area contributed by atoms with Crippen LogP contribution in [0.15, 0.2) is 36.9 Å². The summed E-state index contributed by atoms with van der Waals surface area (Å²) in [4.78, 5) is 11.8. The highest BCUT2D eigenvalue weighted by Crippen LogP contribution is 2.32. The smallest absolute Gasteiger partial charge is 0.316 e. The minimum Gasteiger partial charge on any atom is -0.465 e. The fraction of sp³-hybridized carbons (Fsp3) is 0.357. The zero-order valence-corrected chi connectivity index (χ0v) is 11.3. The Labute approximate surface area is 112 Å². The maximum Gasteiger partial charge on any atom is 0.316 e. The van der Waals surface area contributed by atoms with E-state index >= 15 is 0 Å².